The molecule has 0 radical (unpaired) electrons. The number of hydrogen-bond donors (Lipinski definition) is 0. The van der Waals surface area contributed by atoms with Crippen molar-refractivity contribution in [3.63, 3.8) is 0 Å². The molecular weight excluding hydrogens is 306 g/mol. The summed E-state index contributed by atoms with van der Waals surface area (Å²) in [5, 5.41) is 8.78. The highest BCUT2D eigenvalue weighted by Crippen LogP contribution is 2.51. The van der Waals surface area contributed by atoms with Crippen molar-refractivity contribution in [1.29, 1.82) is 0 Å². The highest BCUT2D eigenvalue weighted by atomic mass is 16.5. The third-order valence-corrected chi connectivity index (χ3v) is 6.18. The lowest BCUT2D eigenvalue weighted by Crippen LogP contribution is -2.34. The standard InChI is InChI=1S/C17H25N5O2/c23-17(16-12-10-24-11-13(12)16)21-6-3-7-22-15(9-21)14(18-19-22)8-20-4-1-2-5-20/h12-13,16H,1-11H2/t12-,13+,16?. The molecular formula is C17H25N5O2. The topological polar surface area (TPSA) is 63.5 Å². The predicted octanol–water partition coefficient (Wildman–Crippen LogP) is 0.499. The zero-order chi connectivity index (χ0) is 16.1. The minimum absolute atomic E-state index is 0.211. The van der Waals surface area contributed by atoms with Gasteiger partial charge in [-0.25, -0.2) is 4.68 Å². The molecule has 4 heterocycles. The van der Waals surface area contributed by atoms with E-state index in [1.54, 1.807) is 0 Å². The molecule has 1 aromatic rings. The number of nitrogens with zero attached hydrogens (tertiary/aromatic N) is 5. The zero-order valence-electron chi connectivity index (χ0n) is 14.1. The van der Waals surface area contributed by atoms with Crippen molar-refractivity contribution in [1.82, 2.24) is 24.8 Å². The molecule has 0 aromatic carbocycles. The molecule has 0 N–H and O–H groups in total. The van der Waals surface area contributed by atoms with Crippen molar-refractivity contribution in [2.45, 2.75) is 38.9 Å². The van der Waals surface area contributed by atoms with Crippen LogP contribution in [-0.2, 0) is 29.2 Å². The number of likely N-dealkylation sites (tertiary alicyclic amines) is 1. The van der Waals surface area contributed by atoms with E-state index < -0.39 is 0 Å². The van der Waals surface area contributed by atoms with Crippen molar-refractivity contribution in [2.75, 3.05) is 32.8 Å². The molecule has 24 heavy (non-hydrogen) atoms. The van der Waals surface area contributed by atoms with Crippen LogP contribution in [0, 0.1) is 17.8 Å². The van der Waals surface area contributed by atoms with Crippen molar-refractivity contribution >= 4 is 5.91 Å². The number of hydrogen-bond acceptors (Lipinski definition) is 5. The minimum atomic E-state index is 0.211. The lowest BCUT2D eigenvalue weighted by atomic mass is 10.2. The summed E-state index contributed by atoms with van der Waals surface area (Å²) in [7, 11) is 0. The number of fused-ring (bicyclic) bond motifs is 2. The number of carbonyl (C=O) groups excluding carboxylic acids is 1. The normalized spacial score (nSPS) is 32.5. The molecule has 0 spiro atoms. The SMILES string of the molecule is O=C(C1[C@H]2COC[C@@H]12)N1CCCn2nnc(CN3CCCC3)c2C1. The van der Waals surface area contributed by atoms with Gasteiger partial charge in [-0.3, -0.25) is 9.69 Å². The molecule has 3 aliphatic heterocycles. The maximum absolute atomic E-state index is 12.9. The Hall–Kier alpha value is -1.47. The van der Waals surface area contributed by atoms with Crippen LogP contribution in [0.4, 0.5) is 0 Å². The number of amides is 1. The van der Waals surface area contributed by atoms with Gasteiger partial charge < -0.3 is 9.64 Å². The number of aryl methyl sites for hydroxylation is 1. The minimum Gasteiger partial charge on any atom is -0.381 e. The van der Waals surface area contributed by atoms with E-state index in [-0.39, 0.29) is 5.92 Å². The summed E-state index contributed by atoms with van der Waals surface area (Å²) in [4.78, 5) is 17.4. The Morgan fingerprint density at radius 1 is 1.08 bits per heavy atom. The summed E-state index contributed by atoms with van der Waals surface area (Å²) < 4.78 is 7.46. The van der Waals surface area contributed by atoms with Gasteiger partial charge in [0.05, 0.1) is 25.5 Å². The van der Waals surface area contributed by atoms with Crippen LogP contribution < -0.4 is 0 Å². The molecule has 1 aromatic heterocycles. The first-order valence-corrected chi connectivity index (χ1v) is 9.31. The summed E-state index contributed by atoms with van der Waals surface area (Å²) >= 11 is 0. The predicted molar refractivity (Wildman–Crippen MR) is 85.9 cm³/mol. The molecule has 2 saturated heterocycles. The summed E-state index contributed by atoms with van der Waals surface area (Å²) in [5.41, 5.74) is 2.21. The van der Waals surface area contributed by atoms with Crippen LogP contribution in [0.25, 0.3) is 0 Å². The van der Waals surface area contributed by atoms with Gasteiger partial charge in [-0.1, -0.05) is 5.21 Å². The van der Waals surface area contributed by atoms with E-state index in [1.807, 2.05) is 4.68 Å². The molecule has 1 unspecified atom stereocenters. The monoisotopic (exact) mass is 331 g/mol. The van der Waals surface area contributed by atoms with Gasteiger partial charge in [-0.15, -0.1) is 5.10 Å². The molecule has 1 amide bonds. The number of ether oxygens (including phenoxy) is 1. The van der Waals surface area contributed by atoms with Crippen molar-refractivity contribution < 1.29 is 9.53 Å². The van der Waals surface area contributed by atoms with Gasteiger partial charge in [-0.05, 0) is 44.2 Å². The molecule has 3 fully saturated rings. The van der Waals surface area contributed by atoms with Crippen LogP contribution >= 0.6 is 0 Å². The van der Waals surface area contributed by atoms with E-state index in [0.29, 0.717) is 24.3 Å². The smallest absolute Gasteiger partial charge is 0.226 e. The average Bonchev–Trinajstić information content (AvgIpc) is 2.99. The lowest BCUT2D eigenvalue weighted by molar-refractivity contribution is -0.134. The Kier molecular flexibility index (Phi) is 3.59. The molecule has 130 valence electrons. The fourth-order valence-electron chi connectivity index (χ4n) is 4.67. The van der Waals surface area contributed by atoms with E-state index in [9.17, 15) is 4.79 Å². The number of rotatable bonds is 3. The summed E-state index contributed by atoms with van der Waals surface area (Å²) in [6.45, 7) is 7.10. The van der Waals surface area contributed by atoms with E-state index in [1.165, 1.54) is 12.8 Å². The summed E-state index contributed by atoms with van der Waals surface area (Å²) in [5.74, 6) is 1.50. The van der Waals surface area contributed by atoms with Crippen LogP contribution in [0.2, 0.25) is 0 Å². The molecule has 5 rings (SSSR count). The zero-order valence-corrected chi connectivity index (χ0v) is 14.1. The fraction of sp³-hybridized carbons (Fsp3) is 0.824. The molecule has 1 saturated carbocycles. The van der Waals surface area contributed by atoms with E-state index >= 15 is 0 Å². The lowest BCUT2D eigenvalue weighted by Gasteiger charge is -2.22. The quantitative estimate of drug-likeness (QED) is 0.807. The Morgan fingerprint density at radius 2 is 1.88 bits per heavy atom. The maximum atomic E-state index is 12.9. The second-order valence-electron chi connectivity index (χ2n) is 7.69. The molecule has 7 nitrogen and oxygen atoms in total. The molecule has 7 heteroatoms. The first-order chi connectivity index (χ1) is 11.8. The van der Waals surface area contributed by atoms with Crippen molar-refractivity contribution in [2.24, 2.45) is 17.8 Å². The second kappa shape index (κ2) is 5.81. The van der Waals surface area contributed by atoms with Gasteiger partial charge >= 0.3 is 0 Å². The van der Waals surface area contributed by atoms with Crippen LogP contribution in [0.15, 0.2) is 0 Å². The van der Waals surface area contributed by atoms with E-state index in [4.69, 9.17) is 4.74 Å². The van der Waals surface area contributed by atoms with Crippen LogP contribution in [0.3, 0.4) is 0 Å². The number of carbonyl (C=O) groups is 1. The third kappa shape index (κ3) is 2.45. The Labute approximate surface area is 141 Å². The Balaban J connectivity index is 1.32. The van der Waals surface area contributed by atoms with Crippen LogP contribution in [0.5, 0.6) is 0 Å². The maximum Gasteiger partial charge on any atom is 0.226 e. The summed E-state index contributed by atoms with van der Waals surface area (Å²) in [6, 6.07) is 0. The van der Waals surface area contributed by atoms with Crippen LogP contribution in [-0.4, -0.2) is 63.5 Å². The van der Waals surface area contributed by atoms with Gasteiger partial charge in [0.1, 0.15) is 5.69 Å². The largest absolute Gasteiger partial charge is 0.381 e. The first kappa shape index (κ1) is 14.8. The van der Waals surface area contributed by atoms with E-state index in [0.717, 1.165) is 63.7 Å². The molecule has 4 aliphatic rings. The van der Waals surface area contributed by atoms with E-state index in [2.05, 4.69) is 20.1 Å². The average molecular weight is 331 g/mol. The molecule has 1 aliphatic carbocycles. The number of aromatic nitrogens is 3. The fourth-order valence-corrected chi connectivity index (χ4v) is 4.67. The first-order valence-electron chi connectivity index (χ1n) is 9.31. The summed E-state index contributed by atoms with van der Waals surface area (Å²) in [6.07, 6.45) is 3.52. The van der Waals surface area contributed by atoms with Gasteiger partial charge in [0, 0.05) is 25.6 Å². The van der Waals surface area contributed by atoms with Gasteiger partial charge in [0.2, 0.25) is 5.91 Å². The molecule has 0 bridgehead atoms. The van der Waals surface area contributed by atoms with Gasteiger partial charge in [0.15, 0.2) is 0 Å². The van der Waals surface area contributed by atoms with Crippen LogP contribution in [0.1, 0.15) is 30.7 Å². The Morgan fingerprint density at radius 3 is 2.67 bits per heavy atom. The van der Waals surface area contributed by atoms with Crippen molar-refractivity contribution in [3.05, 3.63) is 11.4 Å². The van der Waals surface area contributed by atoms with Crippen molar-refractivity contribution in [3.8, 4) is 0 Å². The highest BCUT2D eigenvalue weighted by molar-refractivity contribution is 5.82. The Bertz CT molecular complexity index is 629. The molecule has 3 atom stereocenters. The second-order valence-corrected chi connectivity index (χ2v) is 7.69. The highest BCUT2D eigenvalue weighted by Gasteiger charge is 2.59. The van der Waals surface area contributed by atoms with Gasteiger partial charge in [-0.2, -0.15) is 0 Å². The van der Waals surface area contributed by atoms with Gasteiger partial charge in [0.25, 0.3) is 0 Å². The third-order valence-electron chi connectivity index (χ3n) is 6.18.